The molecule has 4 heteroatoms. The summed E-state index contributed by atoms with van der Waals surface area (Å²) in [6.45, 7) is 5.29. The van der Waals surface area contributed by atoms with Gasteiger partial charge in [-0.2, -0.15) is 0 Å². The van der Waals surface area contributed by atoms with E-state index in [0.717, 1.165) is 19.5 Å². The highest BCUT2D eigenvalue weighted by Gasteiger charge is 2.26. The lowest BCUT2D eigenvalue weighted by molar-refractivity contribution is -0.147. The van der Waals surface area contributed by atoms with Gasteiger partial charge in [0.25, 0.3) is 0 Å². The maximum Gasteiger partial charge on any atom is 0.309 e. The van der Waals surface area contributed by atoms with E-state index in [2.05, 4.69) is 16.0 Å². The molecule has 17 heavy (non-hydrogen) atoms. The van der Waals surface area contributed by atoms with E-state index in [9.17, 15) is 4.79 Å². The van der Waals surface area contributed by atoms with E-state index in [0.29, 0.717) is 6.42 Å². The summed E-state index contributed by atoms with van der Waals surface area (Å²) in [5.41, 5.74) is 0.579. The van der Waals surface area contributed by atoms with Crippen LogP contribution in [-0.4, -0.2) is 41.1 Å². The van der Waals surface area contributed by atoms with Crippen molar-refractivity contribution in [1.82, 2.24) is 9.88 Å². The van der Waals surface area contributed by atoms with Crippen LogP contribution in [0.15, 0.2) is 18.3 Å². The van der Waals surface area contributed by atoms with Gasteiger partial charge in [0.05, 0.1) is 5.41 Å². The van der Waals surface area contributed by atoms with E-state index in [1.54, 1.807) is 13.8 Å². The Hall–Kier alpha value is -1.29. The maximum absolute atomic E-state index is 11.0. The fourth-order valence-electron chi connectivity index (χ4n) is 1.52. The topological polar surface area (TPSA) is 56.3 Å². The van der Waals surface area contributed by atoms with Gasteiger partial charge in [0.2, 0.25) is 0 Å². The fraction of sp³-hybridized carbons (Fsp3) is 0.615. The number of aliphatic carboxylic acids is 1. The van der Waals surface area contributed by atoms with Gasteiger partial charge in [-0.05, 0) is 46.0 Å². The van der Waals surface area contributed by atoms with Gasteiger partial charge in [-0.15, -0.1) is 0 Å². The first-order valence-corrected chi connectivity index (χ1v) is 5.96. The fourth-order valence-corrected chi connectivity index (χ4v) is 1.52. The predicted molar refractivity (Wildman–Crippen MR) is 68.0 cm³/mol. The van der Waals surface area contributed by atoms with Crippen molar-refractivity contribution in [3.63, 3.8) is 0 Å². The van der Waals surface area contributed by atoms with Gasteiger partial charge >= 0.3 is 5.97 Å². The van der Waals surface area contributed by atoms with Crippen LogP contribution in [0.5, 0.6) is 0 Å². The number of aromatic nitrogens is 1. The molecule has 0 spiro atoms. The van der Waals surface area contributed by atoms with Crippen LogP contribution >= 0.6 is 0 Å². The number of hydrogen-bond donors (Lipinski definition) is 2. The Kier molecular flexibility index (Phi) is 4.75. The van der Waals surface area contributed by atoms with Gasteiger partial charge in [-0.1, -0.05) is 0 Å². The number of nitrogens with zero attached hydrogens (tertiary/aromatic N) is 1. The van der Waals surface area contributed by atoms with Crippen LogP contribution in [0.25, 0.3) is 0 Å². The Morgan fingerprint density at radius 3 is 2.71 bits per heavy atom. The highest BCUT2D eigenvalue weighted by atomic mass is 16.4. The lowest BCUT2D eigenvalue weighted by Crippen LogP contribution is -2.31. The Balaban J connectivity index is 2.26. The summed E-state index contributed by atoms with van der Waals surface area (Å²) in [5, 5.41) is 9.01. The molecule has 0 fully saturated rings. The molecular weight excluding hydrogens is 216 g/mol. The van der Waals surface area contributed by atoms with Crippen LogP contribution in [0.1, 0.15) is 26.0 Å². The second-order valence-electron chi connectivity index (χ2n) is 5.19. The predicted octanol–water partition coefficient (Wildman–Crippen LogP) is 1.99. The molecule has 0 aliphatic carbocycles. The van der Waals surface area contributed by atoms with Crippen molar-refractivity contribution in [2.75, 3.05) is 20.1 Å². The van der Waals surface area contributed by atoms with Crippen molar-refractivity contribution in [3.8, 4) is 0 Å². The van der Waals surface area contributed by atoms with Crippen molar-refractivity contribution in [1.29, 1.82) is 0 Å². The standard InChI is InChI=1S/C13H22N2O2/c1-13(2,12(16)17)7-10-15(3)9-6-11-5-4-8-14-11/h4-5,8,14H,6-7,9-10H2,1-3H3,(H,16,17). The highest BCUT2D eigenvalue weighted by Crippen LogP contribution is 2.20. The SMILES string of the molecule is CN(CCc1ccc[nH]1)CCC(C)(C)C(=O)O. The van der Waals surface area contributed by atoms with Crippen molar-refractivity contribution >= 4 is 5.97 Å². The van der Waals surface area contributed by atoms with Crippen molar-refractivity contribution in [2.45, 2.75) is 26.7 Å². The zero-order valence-corrected chi connectivity index (χ0v) is 10.9. The molecule has 1 aromatic heterocycles. The van der Waals surface area contributed by atoms with Crippen LogP contribution in [-0.2, 0) is 11.2 Å². The van der Waals surface area contributed by atoms with Crippen LogP contribution in [0.2, 0.25) is 0 Å². The number of aromatic amines is 1. The smallest absolute Gasteiger partial charge is 0.309 e. The summed E-state index contributed by atoms with van der Waals surface area (Å²) in [7, 11) is 2.03. The normalized spacial score (nSPS) is 12.0. The van der Waals surface area contributed by atoms with Gasteiger partial charge in [-0.25, -0.2) is 0 Å². The second kappa shape index (κ2) is 5.87. The minimum atomic E-state index is -0.727. The molecule has 96 valence electrons. The molecule has 0 unspecified atom stereocenters. The largest absolute Gasteiger partial charge is 0.481 e. The molecular formula is C13H22N2O2. The molecule has 0 radical (unpaired) electrons. The van der Waals surface area contributed by atoms with Crippen LogP contribution in [0, 0.1) is 5.41 Å². The molecule has 1 rings (SSSR count). The third-order valence-corrected chi connectivity index (χ3v) is 3.12. The Labute approximate surface area is 103 Å². The Morgan fingerprint density at radius 1 is 1.47 bits per heavy atom. The molecule has 0 saturated carbocycles. The van der Waals surface area contributed by atoms with E-state index in [1.807, 2.05) is 19.3 Å². The number of carboxylic acids is 1. The molecule has 2 N–H and O–H groups in total. The van der Waals surface area contributed by atoms with Crippen LogP contribution in [0.4, 0.5) is 0 Å². The van der Waals surface area contributed by atoms with E-state index < -0.39 is 11.4 Å². The average molecular weight is 238 g/mol. The van der Waals surface area contributed by atoms with Gasteiger partial charge in [0.15, 0.2) is 0 Å². The zero-order valence-electron chi connectivity index (χ0n) is 10.9. The van der Waals surface area contributed by atoms with Gasteiger partial charge in [-0.3, -0.25) is 4.79 Å². The average Bonchev–Trinajstić information content (AvgIpc) is 2.76. The van der Waals surface area contributed by atoms with Crippen molar-refractivity contribution in [2.24, 2.45) is 5.41 Å². The molecule has 0 aliphatic rings. The first-order valence-electron chi connectivity index (χ1n) is 5.96. The monoisotopic (exact) mass is 238 g/mol. The first-order chi connectivity index (χ1) is 7.92. The molecule has 0 aliphatic heterocycles. The number of carboxylic acid groups (broad SMARTS) is 1. The Morgan fingerprint density at radius 2 is 2.18 bits per heavy atom. The quantitative estimate of drug-likeness (QED) is 0.763. The lowest BCUT2D eigenvalue weighted by atomic mass is 9.89. The number of likely N-dealkylation sites (N-methyl/N-ethyl adjacent to an activating group) is 1. The molecule has 4 nitrogen and oxygen atoms in total. The highest BCUT2D eigenvalue weighted by molar-refractivity contribution is 5.73. The molecule has 0 atom stereocenters. The van der Waals surface area contributed by atoms with E-state index in [4.69, 9.17) is 5.11 Å². The second-order valence-corrected chi connectivity index (χ2v) is 5.19. The molecule has 0 bridgehead atoms. The summed E-state index contributed by atoms with van der Waals surface area (Å²) >= 11 is 0. The molecule has 0 saturated heterocycles. The maximum atomic E-state index is 11.0. The Bertz CT molecular complexity index is 344. The third-order valence-electron chi connectivity index (χ3n) is 3.12. The molecule has 1 aromatic rings. The molecule has 0 aromatic carbocycles. The van der Waals surface area contributed by atoms with Gasteiger partial charge < -0.3 is 15.0 Å². The lowest BCUT2D eigenvalue weighted by Gasteiger charge is -2.23. The zero-order chi connectivity index (χ0) is 12.9. The summed E-state index contributed by atoms with van der Waals surface area (Å²) < 4.78 is 0. The number of hydrogen-bond acceptors (Lipinski definition) is 2. The summed E-state index contributed by atoms with van der Waals surface area (Å²) in [6.07, 6.45) is 3.56. The van der Waals surface area contributed by atoms with E-state index >= 15 is 0 Å². The summed E-state index contributed by atoms with van der Waals surface area (Å²) in [5.74, 6) is -0.727. The van der Waals surface area contributed by atoms with Gasteiger partial charge in [0.1, 0.15) is 0 Å². The van der Waals surface area contributed by atoms with Crippen LogP contribution in [0.3, 0.4) is 0 Å². The summed E-state index contributed by atoms with van der Waals surface area (Å²) in [6, 6.07) is 4.05. The van der Waals surface area contributed by atoms with Crippen molar-refractivity contribution < 1.29 is 9.90 Å². The molecule has 0 amide bonds. The minimum Gasteiger partial charge on any atom is -0.481 e. The number of rotatable bonds is 7. The third kappa shape index (κ3) is 4.61. The minimum absolute atomic E-state index is 0.638. The number of nitrogens with one attached hydrogen (secondary N) is 1. The van der Waals surface area contributed by atoms with Gasteiger partial charge in [0, 0.05) is 24.9 Å². The molecule has 1 heterocycles. The first kappa shape index (κ1) is 13.8. The number of H-pyrrole nitrogens is 1. The number of carbonyl (C=O) groups is 1. The van der Waals surface area contributed by atoms with Crippen LogP contribution < -0.4 is 0 Å². The summed E-state index contributed by atoms with van der Waals surface area (Å²) in [4.78, 5) is 16.3. The van der Waals surface area contributed by atoms with Crippen molar-refractivity contribution in [3.05, 3.63) is 24.0 Å². The van der Waals surface area contributed by atoms with E-state index in [1.165, 1.54) is 5.69 Å². The van der Waals surface area contributed by atoms with E-state index in [-0.39, 0.29) is 0 Å².